The van der Waals surface area contributed by atoms with Crippen LogP contribution in [0.25, 0.3) is 10.9 Å². The number of benzene rings is 1. The van der Waals surface area contributed by atoms with Gasteiger partial charge in [-0.15, -0.1) is 0 Å². The van der Waals surface area contributed by atoms with Gasteiger partial charge in [-0.25, -0.2) is 14.4 Å². The van der Waals surface area contributed by atoms with Crippen LogP contribution in [0.1, 0.15) is 23.6 Å². The van der Waals surface area contributed by atoms with Crippen molar-refractivity contribution in [3.8, 4) is 0 Å². The summed E-state index contributed by atoms with van der Waals surface area (Å²) in [5.41, 5.74) is 2.16. The number of alkyl halides is 1. The molecular weight excluding hydrogens is 476 g/mol. The first-order chi connectivity index (χ1) is 15.4. The summed E-state index contributed by atoms with van der Waals surface area (Å²) < 4.78 is 24.8. The molecule has 0 amide bonds. The Morgan fingerprint density at radius 2 is 2.16 bits per heavy atom. The number of aromatic nitrogens is 3. The Morgan fingerprint density at radius 3 is 2.84 bits per heavy atom. The molecule has 0 bridgehead atoms. The van der Waals surface area contributed by atoms with E-state index in [1.807, 2.05) is 17.9 Å². The summed E-state index contributed by atoms with van der Waals surface area (Å²) in [4.78, 5) is 10.9. The van der Waals surface area contributed by atoms with Crippen molar-refractivity contribution in [2.24, 2.45) is 0 Å². The third-order valence-electron chi connectivity index (χ3n) is 6.18. The smallest absolute Gasteiger partial charge is 0.228 e. The number of nitrogens with zero attached hydrogens (tertiary/aromatic N) is 4. The topological polar surface area (TPSA) is 83.4 Å². The van der Waals surface area contributed by atoms with E-state index in [1.54, 1.807) is 12.3 Å². The summed E-state index contributed by atoms with van der Waals surface area (Å²) in [7, 11) is 0. The fraction of sp³-hybridized carbons (Fsp3) is 0.476. The number of hydrogen-bond donors (Lipinski definition) is 2. The summed E-state index contributed by atoms with van der Waals surface area (Å²) >= 11 is 14.0. The van der Waals surface area contributed by atoms with Crippen LogP contribution in [0.4, 0.5) is 15.3 Å². The minimum absolute atomic E-state index is 0.148. The highest BCUT2D eigenvalue weighted by molar-refractivity contribution is 7.11. The number of nitrogens with one attached hydrogen (secondary N) is 1. The molecular formula is C21H22Cl2FN5O2S. The molecule has 1 aromatic carbocycles. The molecule has 11 heteroatoms. The highest BCUT2D eigenvalue weighted by atomic mass is 35.5. The van der Waals surface area contributed by atoms with Gasteiger partial charge >= 0.3 is 0 Å². The highest BCUT2D eigenvalue weighted by Crippen LogP contribution is 2.38. The molecule has 4 atom stereocenters. The van der Waals surface area contributed by atoms with Crippen molar-refractivity contribution in [2.75, 3.05) is 31.6 Å². The molecule has 0 saturated carbocycles. The predicted molar refractivity (Wildman–Crippen MR) is 124 cm³/mol. The van der Waals surface area contributed by atoms with Crippen LogP contribution >= 0.6 is 34.7 Å². The van der Waals surface area contributed by atoms with Crippen LogP contribution in [-0.2, 0) is 4.74 Å². The summed E-state index contributed by atoms with van der Waals surface area (Å²) in [5, 5.41) is 15.7. The number of piperidine rings is 1. The molecule has 0 radical (unpaired) electrons. The van der Waals surface area contributed by atoms with E-state index >= 15 is 4.39 Å². The Morgan fingerprint density at radius 1 is 1.31 bits per heavy atom. The lowest BCUT2D eigenvalue weighted by Crippen LogP contribution is -2.50. The lowest BCUT2D eigenvalue weighted by atomic mass is 9.86. The molecule has 2 aliphatic rings. The van der Waals surface area contributed by atoms with E-state index in [-0.39, 0.29) is 18.5 Å². The van der Waals surface area contributed by atoms with E-state index in [2.05, 4.69) is 19.7 Å². The number of anilines is 2. The van der Waals surface area contributed by atoms with Gasteiger partial charge in [-0.05, 0) is 49.1 Å². The SMILES string of the molecule is Cc1nsc(Nc2ncc3cc(Cl)c(C4CCN([C@H]5COC[C@H]5O)CC4F)cc3n2)c1Cl. The van der Waals surface area contributed by atoms with Gasteiger partial charge in [0.15, 0.2) is 0 Å². The van der Waals surface area contributed by atoms with Crippen LogP contribution in [0.5, 0.6) is 0 Å². The number of hydrogen-bond acceptors (Lipinski definition) is 8. The van der Waals surface area contributed by atoms with E-state index in [4.69, 9.17) is 27.9 Å². The quantitative estimate of drug-likeness (QED) is 0.554. The second kappa shape index (κ2) is 8.96. The van der Waals surface area contributed by atoms with E-state index in [0.717, 1.165) is 16.6 Å². The van der Waals surface area contributed by atoms with Crippen LogP contribution < -0.4 is 5.32 Å². The first kappa shape index (κ1) is 22.2. The fourth-order valence-electron chi connectivity index (χ4n) is 4.41. The first-order valence-electron chi connectivity index (χ1n) is 10.4. The van der Waals surface area contributed by atoms with E-state index in [9.17, 15) is 5.11 Å². The van der Waals surface area contributed by atoms with Crippen LogP contribution in [0.2, 0.25) is 10.0 Å². The molecule has 2 unspecified atom stereocenters. The van der Waals surface area contributed by atoms with Gasteiger partial charge in [-0.2, -0.15) is 4.37 Å². The zero-order valence-corrected chi connectivity index (χ0v) is 19.6. The predicted octanol–water partition coefficient (Wildman–Crippen LogP) is 4.33. The zero-order valence-electron chi connectivity index (χ0n) is 17.3. The number of ether oxygens (including phenoxy) is 1. The van der Waals surface area contributed by atoms with E-state index < -0.39 is 12.3 Å². The average Bonchev–Trinajstić information content (AvgIpc) is 3.34. The van der Waals surface area contributed by atoms with Crippen LogP contribution in [-0.4, -0.2) is 69.0 Å². The largest absolute Gasteiger partial charge is 0.389 e. The van der Waals surface area contributed by atoms with Gasteiger partial charge in [0.2, 0.25) is 5.95 Å². The van der Waals surface area contributed by atoms with Crippen molar-refractivity contribution < 1.29 is 14.2 Å². The summed E-state index contributed by atoms with van der Waals surface area (Å²) in [6, 6.07) is 3.49. The van der Waals surface area contributed by atoms with Crippen molar-refractivity contribution in [3.05, 3.63) is 39.6 Å². The lowest BCUT2D eigenvalue weighted by molar-refractivity contribution is 0.0353. The number of aliphatic hydroxyl groups excluding tert-OH is 1. The average molecular weight is 498 g/mol. The van der Waals surface area contributed by atoms with Crippen molar-refractivity contribution in [1.82, 2.24) is 19.2 Å². The summed E-state index contributed by atoms with van der Waals surface area (Å²) in [6.07, 6.45) is 0.604. The van der Waals surface area contributed by atoms with Crippen molar-refractivity contribution >= 4 is 56.6 Å². The molecule has 2 fully saturated rings. The molecule has 2 aromatic heterocycles. The third-order valence-corrected chi connectivity index (χ3v) is 7.93. The molecule has 4 heterocycles. The number of fused-ring (bicyclic) bond motifs is 1. The van der Waals surface area contributed by atoms with Gasteiger partial charge in [0.25, 0.3) is 0 Å². The van der Waals surface area contributed by atoms with Gasteiger partial charge < -0.3 is 15.2 Å². The maximum Gasteiger partial charge on any atom is 0.228 e. The molecule has 7 nitrogen and oxygen atoms in total. The third kappa shape index (κ3) is 4.18. The van der Waals surface area contributed by atoms with E-state index in [1.165, 1.54) is 11.5 Å². The number of aliphatic hydroxyl groups is 1. The molecule has 2 saturated heterocycles. The summed E-state index contributed by atoms with van der Waals surface area (Å²) in [6.45, 7) is 3.48. The molecule has 32 heavy (non-hydrogen) atoms. The molecule has 2 N–H and O–H groups in total. The second-order valence-electron chi connectivity index (χ2n) is 8.24. The number of likely N-dealkylation sites (tertiary alicyclic amines) is 1. The number of halogens is 3. The zero-order chi connectivity index (χ0) is 22.4. The van der Waals surface area contributed by atoms with Crippen LogP contribution in [0, 0.1) is 6.92 Å². The van der Waals surface area contributed by atoms with Gasteiger partial charge in [0, 0.05) is 29.1 Å². The lowest BCUT2D eigenvalue weighted by Gasteiger charge is -2.39. The molecule has 2 aliphatic heterocycles. The first-order valence-corrected chi connectivity index (χ1v) is 11.9. The fourth-order valence-corrected chi connectivity index (χ4v) is 5.65. The van der Waals surface area contributed by atoms with Gasteiger partial charge in [-0.3, -0.25) is 4.90 Å². The highest BCUT2D eigenvalue weighted by Gasteiger charge is 2.39. The summed E-state index contributed by atoms with van der Waals surface area (Å²) in [5.74, 6) is 0.0470. The van der Waals surface area contributed by atoms with Crippen LogP contribution in [0.15, 0.2) is 18.3 Å². The van der Waals surface area contributed by atoms with Gasteiger partial charge in [-0.1, -0.05) is 23.2 Å². The maximum absolute atomic E-state index is 15.3. The minimum atomic E-state index is -1.11. The van der Waals surface area contributed by atoms with Crippen LogP contribution in [0.3, 0.4) is 0 Å². The minimum Gasteiger partial charge on any atom is -0.389 e. The number of rotatable bonds is 4. The molecule has 5 rings (SSSR count). The normalized spacial score (nSPS) is 26.7. The number of aryl methyl sites for hydroxylation is 1. The molecule has 0 spiro atoms. The molecule has 170 valence electrons. The maximum atomic E-state index is 15.3. The van der Waals surface area contributed by atoms with E-state index in [0.29, 0.717) is 52.7 Å². The Bertz CT molecular complexity index is 1150. The second-order valence-corrected chi connectivity index (χ2v) is 9.80. The Kier molecular flexibility index (Phi) is 6.21. The van der Waals surface area contributed by atoms with Gasteiger partial charge in [0.1, 0.15) is 11.2 Å². The van der Waals surface area contributed by atoms with Gasteiger partial charge in [0.05, 0.1) is 41.6 Å². The molecule has 0 aliphatic carbocycles. The van der Waals surface area contributed by atoms with Crippen molar-refractivity contribution in [1.29, 1.82) is 0 Å². The molecule has 3 aromatic rings. The Hall–Kier alpha value is -1.62. The monoisotopic (exact) mass is 497 g/mol. The van der Waals surface area contributed by atoms with Crippen molar-refractivity contribution in [3.63, 3.8) is 0 Å². The van der Waals surface area contributed by atoms with Crippen molar-refractivity contribution in [2.45, 2.75) is 37.6 Å². The standard InChI is InChI=1S/C21H22Cl2FN5O2S/c1-10-19(23)20(32-28-10)27-21-25-6-11-4-14(22)13(5-16(11)26-21)12-2-3-29(7-15(12)24)17-8-31-9-18(17)30/h4-6,12,15,17-18,30H,2-3,7-9H2,1H3,(H,25,26,27)/t12?,15?,17-,18+/m0/s1. The Balaban J connectivity index is 1.39. The Labute approximate surface area is 198 Å².